The lowest BCUT2D eigenvalue weighted by atomic mass is 10.2. The maximum absolute atomic E-state index is 11.7. The Morgan fingerprint density at radius 2 is 2.25 bits per heavy atom. The Kier molecular flexibility index (Phi) is 4.49. The predicted octanol–water partition coefficient (Wildman–Crippen LogP) is 1.91. The number of hydrogen-bond acceptors (Lipinski definition) is 4. The standard InChI is InChI=1S/C11H18N2O3/c1-5-9-10(7(3)13-16-9)12-11(14)8(4)15-6-2/h8H,5-6H2,1-4H3,(H,12,14). The van der Waals surface area contributed by atoms with Crippen molar-refractivity contribution in [2.24, 2.45) is 0 Å². The summed E-state index contributed by atoms with van der Waals surface area (Å²) in [5.74, 6) is 0.511. The molecule has 90 valence electrons. The van der Waals surface area contributed by atoms with Crippen LogP contribution in [0.3, 0.4) is 0 Å². The molecule has 5 nitrogen and oxygen atoms in total. The van der Waals surface area contributed by atoms with E-state index in [-0.39, 0.29) is 5.91 Å². The quantitative estimate of drug-likeness (QED) is 0.833. The first-order valence-corrected chi connectivity index (χ1v) is 5.47. The van der Waals surface area contributed by atoms with Crippen LogP contribution in [0.5, 0.6) is 0 Å². The van der Waals surface area contributed by atoms with E-state index in [2.05, 4.69) is 10.5 Å². The molecule has 0 fully saturated rings. The van der Waals surface area contributed by atoms with Gasteiger partial charge in [-0.05, 0) is 20.8 Å². The van der Waals surface area contributed by atoms with Gasteiger partial charge in [-0.25, -0.2) is 0 Å². The number of nitrogens with zero attached hydrogens (tertiary/aromatic N) is 1. The summed E-state index contributed by atoms with van der Waals surface area (Å²) in [6, 6.07) is 0. The third-order valence-corrected chi connectivity index (χ3v) is 2.29. The van der Waals surface area contributed by atoms with E-state index in [1.807, 2.05) is 13.8 Å². The van der Waals surface area contributed by atoms with Gasteiger partial charge in [0.1, 0.15) is 17.5 Å². The first-order valence-electron chi connectivity index (χ1n) is 5.47. The number of carbonyl (C=O) groups is 1. The van der Waals surface area contributed by atoms with Gasteiger partial charge < -0.3 is 14.6 Å². The molecule has 0 aromatic carbocycles. The number of aromatic nitrogens is 1. The zero-order valence-corrected chi connectivity index (χ0v) is 10.2. The molecule has 1 heterocycles. The minimum absolute atomic E-state index is 0.178. The molecule has 1 N–H and O–H groups in total. The Morgan fingerprint density at radius 3 is 2.81 bits per heavy atom. The van der Waals surface area contributed by atoms with E-state index in [4.69, 9.17) is 9.26 Å². The maximum Gasteiger partial charge on any atom is 0.253 e. The van der Waals surface area contributed by atoms with Crippen molar-refractivity contribution in [2.45, 2.75) is 40.2 Å². The fourth-order valence-corrected chi connectivity index (χ4v) is 1.37. The van der Waals surface area contributed by atoms with Crippen LogP contribution in [-0.4, -0.2) is 23.8 Å². The van der Waals surface area contributed by atoms with Crippen LogP contribution in [0, 0.1) is 6.92 Å². The van der Waals surface area contributed by atoms with Crippen molar-refractivity contribution in [3.63, 3.8) is 0 Å². The summed E-state index contributed by atoms with van der Waals surface area (Å²) in [4.78, 5) is 11.7. The highest BCUT2D eigenvalue weighted by Gasteiger charge is 2.18. The monoisotopic (exact) mass is 226 g/mol. The van der Waals surface area contributed by atoms with Crippen molar-refractivity contribution in [3.05, 3.63) is 11.5 Å². The van der Waals surface area contributed by atoms with Crippen LogP contribution in [-0.2, 0) is 16.0 Å². The van der Waals surface area contributed by atoms with Gasteiger partial charge in [-0.2, -0.15) is 0 Å². The fourth-order valence-electron chi connectivity index (χ4n) is 1.37. The number of aryl methyl sites for hydroxylation is 2. The number of nitrogens with one attached hydrogen (secondary N) is 1. The smallest absolute Gasteiger partial charge is 0.253 e. The van der Waals surface area contributed by atoms with E-state index in [9.17, 15) is 4.79 Å². The van der Waals surface area contributed by atoms with E-state index in [1.165, 1.54) is 0 Å². The second-order valence-corrected chi connectivity index (χ2v) is 3.51. The SMILES string of the molecule is CCOC(C)C(=O)Nc1c(C)noc1CC. The van der Waals surface area contributed by atoms with Crippen molar-refractivity contribution < 1.29 is 14.1 Å². The molecule has 1 aromatic rings. The molecule has 1 rings (SSSR count). The molecule has 0 saturated carbocycles. The van der Waals surface area contributed by atoms with Crippen LogP contribution >= 0.6 is 0 Å². The molecular weight excluding hydrogens is 208 g/mol. The Hall–Kier alpha value is -1.36. The molecule has 1 amide bonds. The van der Waals surface area contributed by atoms with Crippen molar-refractivity contribution in [1.82, 2.24) is 5.16 Å². The first kappa shape index (κ1) is 12.7. The molecule has 1 unspecified atom stereocenters. The number of rotatable bonds is 5. The van der Waals surface area contributed by atoms with Crippen molar-refractivity contribution in [2.75, 3.05) is 11.9 Å². The summed E-state index contributed by atoms with van der Waals surface area (Å²) in [6.07, 6.45) is 0.225. The van der Waals surface area contributed by atoms with Crippen LogP contribution in [0.1, 0.15) is 32.2 Å². The zero-order chi connectivity index (χ0) is 12.1. The highest BCUT2D eigenvalue weighted by atomic mass is 16.5. The van der Waals surface area contributed by atoms with Gasteiger partial charge in [0.05, 0.1) is 0 Å². The molecule has 0 radical (unpaired) electrons. The Labute approximate surface area is 95.1 Å². The van der Waals surface area contributed by atoms with Gasteiger partial charge in [-0.1, -0.05) is 12.1 Å². The zero-order valence-electron chi connectivity index (χ0n) is 10.2. The predicted molar refractivity (Wildman–Crippen MR) is 60.3 cm³/mol. The van der Waals surface area contributed by atoms with E-state index >= 15 is 0 Å². The van der Waals surface area contributed by atoms with E-state index in [0.717, 1.165) is 0 Å². The van der Waals surface area contributed by atoms with Crippen LogP contribution in [0.15, 0.2) is 4.52 Å². The summed E-state index contributed by atoms with van der Waals surface area (Å²) in [7, 11) is 0. The Morgan fingerprint density at radius 1 is 1.56 bits per heavy atom. The van der Waals surface area contributed by atoms with Crippen LogP contribution in [0.25, 0.3) is 0 Å². The largest absolute Gasteiger partial charge is 0.369 e. The fraction of sp³-hybridized carbons (Fsp3) is 0.636. The summed E-state index contributed by atoms with van der Waals surface area (Å²) in [6.45, 7) is 7.82. The summed E-state index contributed by atoms with van der Waals surface area (Å²) in [5.41, 5.74) is 1.35. The minimum atomic E-state index is -0.469. The highest BCUT2D eigenvalue weighted by Crippen LogP contribution is 2.20. The number of ether oxygens (including phenoxy) is 1. The minimum Gasteiger partial charge on any atom is -0.369 e. The third-order valence-electron chi connectivity index (χ3n) is 2.29. The number of carbonyl (C=O) groups excluding carboxylic acids is 1. The third kappa shape index (κ3) is 2.82. The van der Waals surface area contributed by atoms with Crippen LogP contribution in [0.4, 0.5) is 5.69 Å². The van der Waals surface area contributed by atoms with E-state index in [0.29, 0.717) is 30.2 Å². The van der Waals surface area contributed by atoms with E-state index in [1.54, 1.807) is 13.8 Å². The van der Waals surface area contributed by atoms with Gasteiger partial charge in [0.15, 0.2) is 5.76 Å². The summed E-state index contributed by atoms with van der Waals surface area (Å²) in [5, 5.41) is 6.59. The lowest BCUT2D eigenvalue weighted by Crippen LogP contribution is -2.28. The summed E-state index contributed by atoms with van der Waals surface area (Å²) < 4.78 is 10.3. The van der Waals surface area contributed by atoms with Gasteiger partial charge in [0.25, 0.3) is 5.91 Å². The van der Waals surface area contributed by atoms with Gasteiger partial charge in [-0.15, -0.1) is 0 Å². The van der Waals surface area contributed by atoms with E-state index < -0.39 is 6.10 Å². The van der Waals surface area contributed by atoms with Crippen LogP contribution in [0.2, 0.25) is 0 Å². The molecule has 0 aliphatic carbocycles. The molecule has 0 aliphatic rings. The van der Waals surface area contributed by atoms with Crippen LogP contribution < -0.4 is 5.32 Å². The van der Waals surface area contributed by atoms with Gasteiger partial charge in [-0.3, -0.25) is 4.79 Å². The number of amides is 1. The van der Waals surface area contributed by atoms with Gasteiger partial charge in [0.2, 0.25) is 0 Å². The molecule has 0 saturated heterocycles. The second kappa shape index (κ2) is 5.65. The lowest BCUT2D eigenvalue weighted by molar-refractivity contribution is -0.126. The van der Waals surface area contributed by atoms with Gasteiger partial charge in [0, 0.05) is 13.0 Å². The average Bonchev–Trinajstić information content (AvgIpc) is 2.60. The molecule has 5 heteroatoms. The highest BCUT2D eigenvalue weighted by molar-refractivity contribution is 5.94. The number of hydrogen-bond donors (Lipinski definition) is 1. The van der Waals surface area contributed by atoms with Gasteiger partial charge >= 0.3 is 0 Å². The first-order chi connectivity index (χ1) is 7.60. The van der Waals surface area contributed by atoms with Crippen molar-refractivity contribution in [3.8, 4) is 0 Å². The Balaban J connectivity index is 2.72. The Bertz CT molecular complexity index is 360. The summed E-state index contributed by atoms with van der Waals surface area (Å²) >= 11 is 0. The normalized spacial score (nSPS) is 12.5. The molecule has 0 aliphatic heterocycles. The molecule has 0 bridgehead atoms. The lowest BCUT2D eigenvalue weighted by Gasteiger charge is -2.11. The molecule has 0 spiro atoms. The molecule has 1 atom stereocenters. The number of anilines is 1. The maximum atomic E-state index is 11.7. The molecule has 16 heavy (non-hydrogen) atoms. The van der Waals surface area contributed by atoms with Crippen molar-refractivity contribution in [1.29, 1.82) is 0 Å². The van der Waals surface area contributed by atoms with Crippen molar-refractivity contribution >= 4 is 11.6 Å². The molecule has 1 aromatic heterocycles. The average molecular weight is 226 g/mol. The second-order valence-electron chi connectivity index (χ2n) is 3.51. The molecular formula is C11H18N2O3. The topological polar surface area (TPSA) is 64.4 Å².